The van der Waals surface area contributed by atoms with Gasteiger partial charge in [0, 0.05) is 49.4 Å². The molecule has 2 fully saturated rings. The highest BCUT2D eigenvalue weighted by molar-refractivity contribution is 6.10. The molecule has 0 unspecified atom stereocenters. The monoisotopic (exact) mass is 558 g/mol. The Morgan fingerprint density at radius 2 is 1.85 bits per heavy atom. The summed E-state index contributed by atoms with van der Waals surface area (Å²) in [5, 5.41) is 18.2. The molecule has 1 atom stereocenters. The Morgan fingerprint density at radius 3 is 2.49 bits per heavy atom. The van der Waals surface area contributed by atoms with Crippen molar-refractivity contribution >= 4 is 23.7 Å². The molecule has 0 radical (unpaired) electrons. The van der Waals surface area contributed by atoms with E-state index in [2.05, 4.69) is 44.4 Å². The molecule has 3 N–H and O–H groups in total. The predicted molar refractivity (Wildman–Crippen MR) is 152 cm³/mol. The van der Waals surface area contributed by atoms with Gasteiger partial charge in [0.1, 0.15) is 5.75 Å². The lowest BCUT2D eigenvalue weighted by molar-refractivity contribution is -0.122. The number of oxime groups is 1. The fourth-order valence-electron chi connectivity index (χ4n) is 5.36. The third-order valence-electron chi connectivity index (χ3n) is 7.72. The number of piperazine rings is 1. The number of hydrogen-bond acceptors (Lipinski definition) is 7. The van der Waals surface area contributed by atoms with Crippen molar-refractivity contribution in [3.63, 3.8) is 0 Å². The van der Waals surface area contributed by atoms with E-state index in [1.54, 1.807) is 24.3 Å². The number of carbonyl (C=O) groups excluding carboxylic acids is 3. The zero-order valence-electron chi connectivity index (χ0n) is 23.3. The summed E-state index contributed by atoms with van der Waals surface area (Å²) in [7, 11) is 1.53. The normalized spacial score (nSPS) is 20.8. The van der Waals surface area contributed by atoms with Crippen LogP contribution in [0.2, 0.25) is 0 Å². The van der Waals surface area contributed by atoms with E-state index in [9.17, 15) is 19.6 Å². The van der Waals surface area contributed by atoms with E-state index >= 15 is 0 Å². The third kappa shape index (κ3) is 5.83. The minimum Gasteiger partial charge on any atom is -0.497 e. The fourth-order valence-corrected chi connectivity index (χ4v) is 5.36. The van der Waals surface area contributed by atoms with Gasteiger partial charge < -0.3 is 25.1 Å². The van der Waals surface area contributed by atoms with Crippen molar-refractivity contribution in [1.82, 2.24) is 25.3 Å². The highest BCUT2D eigenvalue weighted by Gasteiger charge is 2.48. The Bertz CT molecular complexity index is 1420. The van der Waals surface area contributed by atoms with E-state index in [1.807, 2.05) is 18.2 Å². The second kappa shape index (κ2) is 11.9. The lowest BCUT2D eigenvalue weighted by Crippen LogP contribution is -2.54. The summed E-state index contributed by atoms with van der Waals surface area (Å²) in [5.74, 6) is 6.11. The van der Waals surface area contributed by atoms with Gasteiger partial charge in [0.05, 0.1) is 13.7 Å². The molecule has 11 nitrogen and oxygen atoms in total. The predicted octanol–water partition coefficient (Wildman–Crippen LogP) is 1.83. The molecule has 0 spiro atoms. The van der Waals surface area contributed by atoms with E-state index in [1.165, 1.54) is 18.4 Å². The molecule has 2 aromatic carbocycles. The number of unbranched alkanes of at least 4 members (excludes halogenated alkanes) is 1. The number of urea groups is 1. The number of fused-ring (bicyclic) bond motifs is 1. The first-order valence-electron chi connectivity index (χ1n) is 13.8. The van der Waals surface area contributed by atoms with Crippen LogP contribution in [-0.2, 0) is 11.3 Å². The number of carbonyl (C=O) groups is 3. The van der Waals surface area contributed by atoms with Crippen LogP contribution in [0.4, 0.5) is 4.79 Å². The van der Waals surface area contributed by atoms with E-state index in [4.69, 9.17) is 4.74 Å². The van der Waals surface area contributed by atoms with Crippen LogP contribution in [0.25, 0.3) is 0 Å². The maximum absolute atomic E-state index is 13.1. The standard InChI is InChI=1S/C30H34N6O5/c1-3-4-13-34-14-16-35(17-15-34)26(33-40)22-7-5-21(6-8-22)11-12-30(28(38)31-29(39)32-30)20-36-19-23-9-10-24(41-2)18-25(23)27(36)37/h5-10,18,40H,3-4,13-17,19-20H2,1-2H3,(H2,31,32,38,39)/b33-26+/t30-/m1/s1. The molecule has 11 heteroatoms. The lowest BCUT2D eigenvalue weighted by Gasteiger charge is -2.36. The van der Waals surface area contributed by atoms with Gasteiger partial charge in [-0.1, -0.05) is 36.4 Å². The number of amidine groups is 1. The number of ether oxygens (including phenoxy) is 1. The van der Waals surface area contributed by atoms with Crippen molar-refractivity contribution in [3.8, 4) is 17.6 Å². The highest BCUT2D eigenvalue weighted by Crippen LogP contribution is 2.28. The summed E-state index contributed by atoms with van der Waals surface area (Å²) in [6.07, 6.45) is 2.34. The molecule has 3 aliphatic rings. The van der Waals surface area contributed by atoms with Gasteiger partial charge in [-0.05, 0) is 54.9 Å². The summed E-state index contributed by atoms with van der Waals surface area (Å²) in [4.78, 5) is 44.2. The summed E-state index contributed by atoms with van der Waals surface area (Å²) >= 11 is 0. The molecule has 214 valence electrons. The molecular weight excluding hydrogens is 524 g/mol. The number of amides is 4. The van der Waals surface area contributed by atoms with Gasteiger partial charge in [0.15, 0.2) is 5.84 Å². The van der Waals surface area contributed by atoms with Crippen molar-refractivity contribution in [1.29, 1.82) is 0 Å². The van der Waals surface area contributed by atoms with E-state index in [-0.39, 0.29) is 19.0 Å². The largest absolute Gasteiger partial charge is 0.497 e. The van der Waals surface area contributed by atoms with Crippen LogP contribution in [-0.4, -0.2) is 95.5 Å². The summed E-state index contributed by atoms with van der Waals surface area (Å²) in [6, 6.07) is 11.8. The zero-order valence-corrected chi connectivity index (χ0v) is 23.3. The molecule has 0 saturated carbocycles. The van der Waals surface area contributed by atoms with Crippen molar-refractivity contribution in [3.05, 3.63) is 64.7 Å². The van der Waals surface area contributed by atoms with Crippen LogP contribution in [0.3, 0.4) is 0 Å². The average Bonchev–Trinajstić information content (AvgIpc) is 3.45. The van der Waals surface area contributed by atoms with Gasteiger partial charge in [-0.25, -0.2) is 4.79 Å². The van der Waals surface area contributed by atoms with Crippen LogP contribution < -0.4 is 15.4 Å². The zero-order chi connectivity index (χ0) is 29.0. The van der Waals surface area contributed by atoms with Gasteiger partial charge in [-0.2, -0.15) is 0 Å². The molecule has 2 aromatic rings. The molecule has 41 heavy (non-hydrogen) atoms. The molecule has 3 aliphatic heterocycles. The van der Waals surface area contributed by atoms with Gasteiger partial charge in [0.2, 0.25) is 5.54 Å². The molecule has 4 amide bonds. The van der Waals surface area contributed by atoms with E-state index < -0.39 is 17.5 Å². The first-order chi connectivity index (χ1) is 19.9. The number of nitrogens with one attached hydrogen (secondary N) is 2. The van der Waals surface area contributed by atoms with Crippen molar-refractivity contribution in [2.45, 2.75) is 31.8 Å². The molecule has 0 aliphatic carbocycles. The van der Waals surface area contributed by atoms with E-state index in [0.29, 0.717) is 22.7 Å². The number of hydrogen-bond donors (Lipinski definition) is 3. The number of methoxy groups -OCH3 is 1. The maximum atomic E-state index is 13.1. The minimum absolute atomic E-state index is 0.114. The summed E-state index contributed by atoms with van der Waals surface area (Å²) < 4.78 is 5.24. The first kappa shape index (κ1) is 28.0. The number of rotatable bonds is 7. The van der Waals surface area contributed by atoms with Crippen LogP contribution in [0, 0.1) is 11.8 Å². The van der Waals surface area contributed by atoms with Gasteiger partial charge in [-0.15, -0.1) is 0 Å². The summed E-state index contributed by atoms with van der Waals surface area (Å²) in [5.41, 5.74) is 1.05. The minimum atomic E-state index is -1.60. The van der Waals surface area contributed by atoms with Crippen molar-refractivity contribution in [2.24, 2.45) is 5.16 Å². The van der Waals surface area contributed by atoms with Crippen molar-refractivity contribution in [2.75, 3.05) is 46.4 Å². The van der Waals surface area contributed by atoms with Gasteiger partial charge in [0.25, 0.3) is 11.8 Å². The first-order valence-corrected chi connectivity index (χ1v) is 13.8. The summed E-state index contributed by atoms with van der Waals surface area (Å²) in [6.45, 7) is 6.81. The smallest absolute Gasteiger partial charge is 0.323 e. The Kier molecular flexibility index (Phi) is 8.12. The Hall–Kier alpha value is -4.56. The number of imide groups is 1. The third-order valence-corrected chi connectivity index (χ3v) is 7.72. The van der Waals surface area contributed by atoms with Crippen LogP contribution in [0.5, 0.6) is 5.75 Å². The van der Waals surface area contributed by atoms with Gasteiger partial charge in [-0.3, -0.25) is 19.8 Å². The quantitative estimate of drug-likeness (QED) is 0.118. The molecule has 0 aromatic heterocycles. The topological polar surface area (TPSA) is 127 Å². The molecule has 0 bridgehead atoms. The molecule has 5 rings (SSSR count). The van der Waals surface area contributed by atoms with Crippen LogP contribution in [0.15, 0.2) is 47.6 Å². The van der Waals surface area contributed by atoms with Gasteiger partial charge >= 0.3 is 6.03 Å². The molecule has 3 heterocycles. The number of nitrogens with zero attached hydrogens (tertiary/aromatic N) is 4. The van der Waals surface area contributed by atoms with Crippen LogP contribution in [0.1, 0.15) is 46.8 Å². The van der Waals surface area contributed by atoms with E-state index in [0.717, 1.165) is 50.3 Å². The van der Waals surface area contributed by atoms with Crippen LogP contribution >= 0.6 is 0 Å². The van der Waals surface area contributed by atoms with Crippen molar-refractivity contribution < 1.29 is 24.3 Å². The Morgan fingerprint density at radius 1 is 1.10 bits per heavy atom. The highest BCUT2D eigenvalue weighted by atomic mass is 16.5. The Labute approximate surface area is 239 Å². The lowest BCUT2D eigenvalue weighted by atomic mass is 9.99. The maximum Gasteiger partial charge on any atom is 0.323 e. The Balaban J connectivity index is 1.30. The molecular formula is C30H34N6O5. The fraction of sp³-hybridized carbons (Fsp3) is 0.400. The average molecular weight is 559 g/mol. The SMILES string of the molecule is CCCCN1CCN(/C(=N/O)c2ccc(C#C[C@]3(CN4Cc5ccc(OC)cc5C4=O)NC(=O)NC3=O)cc2)CC1. The number of benzene rings is 2. The second-order valence-electron chi connectivity index (χ2n) is 10.4. The second-order valence-corrected chi connectivity index (χ2v) is 10.4. The molecule has 2 saturated heterocycles.